The van der Waals surface area contributed by atoms with Crippen LogP contribution in [0.2, 0.25) is 0 Å². The molecule has 3 N–H and O–H groups in total. The summed E-state index contributed by atoms with van der Waals surface area (Å²) >= 11 is 0. The fourth-order valence-electron chi connectivity index (χ4n) is 3.36. The fraction of sp³-hybridized carbons (Fsp3) is 0.579. The number of rotatable bonds is 5. The van der Waals surface area contributed by atoms with Crippen LogP contribution in [0, 0.1) is 17.3 Å². The molecule has 4 heteroatoms. The average Bonchev–Trinajstić information content (AvgIpc) is 2.49. The predicted octanol–water partition coefficient (Wildman–Crippen LogP) is 3.51. The van der Waals surface area contributed by atoms with Crippen LogP contribution in [-0.4, -0.2) is 11.8 Å². The number of anilines is 1. The lowest BCUT2D eigenvalue weighted by Gasteiger charge is -2.37. The number of primary amides is 1. The van der Waals surface area contributed by atoms with Crippen molar-refractivity contribution in [1.82, 2.24) is 0 Å². The Morgan fingerprint density at radius 1 is 1.22 bits per heavy atom. The number of carbonyl (C=O) groups excluding carboxylic acids is 2. The minimum absolute atomic E-state index is 0.0994. The molecular formula is C19H28N2O2. The van der Waals surface area contributed by atoms with Crippen LogP contribution in [0.5, 0.6) is 0 Å². The first-order valence-corrected chi connectivity index (χ1v) is 8.49. The van der Waals surface area contributed by atoms with Gasteiger partial charge in [-0.1, -0.05) is 32.9 Å². The van der Waals surface area contributed by atoms with E-state index in [1.807, 2.05) is 24.3 Å². The summed E-state index contributed by atoms with van der Waals surface area (Å²) in [6, 6.07) is 7.33. The third-order valence-electron chi connectivity index (χ3n) is 5.21. The number of hydrogen-bond donors (Lipinski definition) is 2. The van der Waals surface area contributed by atoms with Gasteiger partial charge in [0.05, 0.1) is 6.42 Å². The Hall–Kier alpha value is -1.84. The van der Waals surface area contributed by atoms with E-state index in [1.165, 1.54) is 0 Å². The molecule has 0 aliphatic heterocycles. The molecule has 1 aliphatic rings. The number of nitrogens with two attached hydrogens (primary N) is 1. The van der Waals surface area contributed by atoms with Crippen molar-refractivity contribution < 1.29 is 9.59 Å². The van der Waals surface area contributed by atoms with Gasteiger partial charge in [-0.05, 0) is 55.2 Å². The second-order valence-electron chi connectivity index (χ2n) is 7.44. The molecule has 0 atom stereocenters. The zero-order chi connectivity index (χ0) is 17.0. The van der Waals surface area contributed by atoms with Gasteiger partial charge in [0.25, 0.3) is 0 Å². The summed E-state index contributed by atoms with van der Waals surface area (Å²) in [6.45, 7) is 6.60. The number of nitrogens with one attached hydrogen (secondary N) is 1. The number of amides is 2. The maximum Gasteiger partial charge on any atom is 0.230 e. The fourth-order valence-corrected chi connectivity index (χ4v) is 3.36. The van der Waals surface area contributed by atoms with Crippen molar-refractivity contribution in [1.29, 1.82) is 0 Å². The lowest BCUT2D eigenvalue weighted by Crippen LogP contribution is -2.37. The zero-order valence-electron chi connectivity index (χ0n) is 14.4. The van der Waals surface area contributed by atoms with Crippen LogP contribution in [0.25, 0.3) is 0 Å². The predicted molar refractivity (Wildman–Crippen MR) is 92.9 cm³/mol. The van der Waals surface area contributed by atoms with E-state index in [1.54, 1.807) is 0 Å². The van der Waals surface area contributed by atoms with Crippen LogP contribution in [0.4, 0.5) is 5.69 Å². The summed E-state index contributed by atoms with van der Waals surface area (Å²) in [5.74, 6) is 1.18. The summed E-state index contributed by atoms with van der Waals surface area (Å²) in [6.07, 6.45) is 4.36. The maximum absolute atomic E-state index is 12.6. The van der Waals surface area contributed by atoms with Crippen LogP contribution >= 0.6 is 0 Å². The molecule has 0 unspecified atom stereocenters. The molecule has 0 heterocycles. The van der Waals surface area contributed by atoms with E-state index < -0.39 is 0 Å². The van der Waals surface area contributed by atoms with E-state index in [2.05, 4.69) is 26.1 Å². The van der Waals surface area contributed by atoms with Crippen LogP contribution in [0.3, 0.4) is 0 Å². The van der Waals surface area contributed by atoms with Crippen molar-refractivity contribution in [2.75, 3.05) is 5.32 Å². The van der Waals surface area contributed by atoms with Crippen LogP contribution in [-0.2, 0) is 16.0 Å². The molecule has 1 aromatic carbocycles. The second-order valence-corrected chi connectivity index (χ2v) is 7.44. The van der Waals surface area contributed by atoms with Crippen molar-refractivity contribution in [2.24, 2.45) is 23.0 Å². The molecule has 0 aromatic heterocycles. The van der Waals surface area contributed by atoms with Gasteiger partial charge in [-0.3, -0.25) is 9.59 Å². The highest BCUT2D eigenvalue weighted by Gasteiger charge is 2.38. The highest BCUT2D eigenvalue weighted by molar-refractivity contribution is 5.95. The van der Waals surface area contributed by atoms with E-state index >= 15 is 0 Å². The summed E-state index contributed by atoms with van der Waals surface area (Å²) in [4.78, 5) is 23.6. The molecule has 2 amide bonds. The Morgan fingerprint density at radius 2 is 1.78 bits per heavy atom. The number of benzene rings is 1. The van der Waals surface area contributed by atoms with Gasteiger partial charge in [-0.25, -0.2) is 0 Å². The first kappa shape index (κ1) is 17.5. The summed E-state index contributed by atoms with van der Waals surface area (Å²) in [7, 11) is 0. The molecule has 4 nitrogen and oxygen atoms in total. The number of carbonyl (C=O) groups is 2. The maximum atomic E-state index is 12.6. The van der Waals surface area contributed by atoms with Crippen molar-refractivity contribution in [3.63, 3.8) is 0 Å². The molecule has 126 valence electrons. The third kappa shape index (κ3) is 4.57. The largest absolute Gasteiger partial charge is 0.369 e. The van der Waals surface area contributed by atoms with Gasteiger partial charge < -0.3 is 11.1 Å². The highest BCUT2D eigenvalue weighted by atomic mass is 16.2. The smallest absolute Gasteiger partial charge is 0.230 e. The molecule has 1 aliphatic carbocycles. The Bertz CT molecular complexity index is 555. The minimum atomic E-state index is -0.351. The lowest BCUT2D eigenvalue weighted by atomic mass is 9.68. The van der Waals surface area contributed by atoms with Gasteiger partial charge in [0.1, 0.15) is 0 Å². The molecule has 0 spiro atoms. The summed E-state index contributed by atoms with van der Waals surface area (Å²) < 4.78 is 0. The van der Waals surface area contributed by atoms with E-state index in [9.17, 15) is 9.59 Å². The molecule has 1 aromatic rings. The molecule has 0 bridgehead atoms. The zero-order valence-corrected chi connectivity index (χ0v) is 14.4. The molecule has 23 heavy (non-hydrogen) atoms. The Kier molecular flexibility index (Phi) is 5.45. The Morgan fingerprint density at radius 3 is 2.26 bits per heavy atom. The van der Waals surface area contributed by atoms with Crippen LogP contribution in [0.1, 0.15) is 52.0 Å². The molecule has 1 fully saturated rings. The first-order chi connectivity index (χ1) is 10.8. The van der Waals surface area contributed by atoms with Gasteiger partial charge in [0.15, 0.2) is 0 Å². The Balaban J connectivity index is 1.95. The van der Waals surface area contributed by atoms with Crippen molar-refractivity contribution in [3.05, 3.63) is 29.8 Å². The number of hydrogen-bond acceptors (Lipinski definition) is 2. The van der Waals surface area contributed by atoms with Crippen molar-refractivity contribution in [3.8, 4) is 0 Å². The third-order valence-corrected chi connectivity index (χ3v) is 5.21. The SMILES string of the molecule is CC(C)C1CCC(C)(C(=O)Nc2ccc(CC(N)=O)cc2)CC1. The summed E-state index contributed by atoms with van der Waals surface area (Å²) in [5, 5.41) is 3.02. The average molecular weight is 316 g/mol. The van der Waals surface area contributed by atoms with Crippen LogP contribution in [0.15, 0.2) is 24.3 Å². The molecule has 0 saturated heterocycles. The van der Waals surface area contributed by atoms with Gasteiger partial charge in [0, 0.05) is 11.1 Å². The standard InChI is InChI=1S/C19H28N2O2/c1-13(2)15-8-10-19(3,11-9-15)18(23)21-16-6-4-14(5-7-16)12-17(20)22/h4-7,13,15H,8-12H2,1-3H3,(H2,20,22)(H,21,23). The topological polar surface area (TPSA) is 72.2 Å². The lowest BCUT2D eigenvalue weighted by molar-refractivity contribution is -0.127. The quantitative estimate of drug-likeness (QED) is 0.872. The molecule has 1 saturated carbocycles. The highest BCUT2D eigenvalue weighted by Crippen LogP contribution is 2.41. The Labute approximate surface area is 138 Å². The van der Waals surface area contributed by atoms with Crippen LogP contribution < -0.4 is 11.1 Å². The van der Waals surface area contributed by atoms with Crippen molar-refractivity contribution >= 4 is 17.5 Å². The van der Waals surface area contributed by atoms with Gasteiger partial charge in [0.2, 0.25) is 11.8 Å². The van der Waals surface area contributed by atoms with Gasteiger partial charge in [-0.15, -0.1) is 0 Å². The van der Waals surface area contributed by atoms with Crippen molar-refractivity contribution in [2.45, 2.75) is 52.9 Å². The van der Waals surface area contributed by atoms with E-state index in [4.69, 9.17) is 5.73 Å². The second kappa shape index (κ2) is 7.16. The monoisotopic (exact) mass is 316 g/mol. The van der Waals surface area contributed by atoms with E-state index in [0.717, 1.165) is 42.9 Å². The van der Waals surface area contributed by atoms with E-state index in [-0.39, 0.29) is 23.7 Å². The van der Waals surface area contributed by atoms with Gasteiger partial charge >= 0.3 is 0 Å². The van der Waals surface area contributed by atoms with Gasteiger partial charge in [-0.2, -0.15) is 0 Å². The normalized spacial score (nSPS) is 24.4. The molecule has 2 rings (SSSR count). The summed E-state index contributed by atoms with van der Waals surface area (Å²) in [5.41, 5.74) is 6.54. The molecule has 0 radical (unpaired) electrons. The minimum Gasteiger partial charge on any atom is -0.369 e. The first-order valence-electron chi connectivity index (χ1n) is 8.49. The molecular weight excluding hydrogens is 288 g/mol. The van der Waals surface area contributed by atoms with E-state index in [0.29, 0.717) is 5.92 Å².